The van der Waals surface area contributed by atoms with Crippen LogP contribution in [0.2, 0.25) is 0 Å². The first-order valence-electron chi connectivity index (χ1n) is 9.49. The zero-order valence-electron chi connectivity index (χ0n) is 15.9. The average molecular weight is 384 g/mol. The number of esters is 2. The molecule has 1 aliphatic heterocycles. The molecule has 2 aromatic rings. The van der Waals surface area contributed by atoms with Gasteiger partial charge in [-0.2, -0.15) is 0 Å². The summed E-state index contributed by atoms with van der Waals surface area (Å²) in [5.41, 5.74) is 0.819. The summed E-state index contributed by atoms with van der Waals surface area (Å²) in [5, 5.41) is 0. The van der Waals surface area contributed by atoms with E-state index in [-0.39, 0.29) is 12.7 Å². The molecule has 1 aliphatic rings. The molecule has 0 radical (unpaired) electrons. The first kappa shape index (κ1) is 19.9. The van der Waals surface area contributed by atoms with Gasteiger partial charge in [0, 0.05) is 6.61 Å². The topological polar surface area (TPSA) is 71.1 Å². The second-order valence-corrected chi connectivity index (χ2v) is 6.52. The maximum absolute atomic E-state index is 12.2. The molecule has 6 nitrogen and oxygen atoms in total. The van der Waals surface area contributed by atoms with Gasteiger partial charge in [0.15, 0.2) is 0 Å². The van der Waals surface area contributed by atoms with E-state index in [0.29, 0.717) is 29.2 Å². The number of rotatable bonds is 8. The van der Waals surface area contributed by atoms with Crippen molar-refractivity contribution in [3.8, 4) is 11.5 Å². The molecule has 1 unspecified atom stereocenters. The molecular weight excluding hydrogens is 360 g/mol. The van der Waals surface area contributed by atoms with Gasteiger partial charge in [0.25, 0.3) is 0 Å². The van der Waals surface area contributed by atoms with Crippen molar-refractivity contribution in [3.63, 3.8) is 0 Å². The molecule has 6 heteroatoms. The predicted octanol–water partition coefficient (Wildman–Crippen LogP) is 4.03. The maximum atomic E-state index is 12.2. The molecule has 0 aromatic heterocycles. The molecule has 1 fully saturated rings. The van der Waals surface area contributed by atoms with Crippen LogP contribution < -0.4 is 9.47 Å². The highest BCUT2D eigenvalue weighted by molar-refractivity contribution is 5.92. The SMILES string of the molecule is CCCOc1ccc(C(=O)Oc2ccc(C(=O)OCC3CCCO3)cc2)cc1. The predicted molar refractivity (Wildman–Crippen MR) is 103 cm³/mol. The Morgan fingerprint density at radius 1 is 0.964 bits per heavy atom. The van der Waals surface area contributed by atoms with Crippen LogP contribution in [-0.4, -0.2) is 37.9 Å². The summed E-state index contributed by atoms with van der Waals surface area (Å²) in [5.74, 6) is 0.169. The minimum atomic E-state index is -0.476. The number of carbonyl (C=O) groups excluding carboxylic acids is 2. The zero-order valence-corrected chi connectivity index (χ0v) is 15.9. The van der Waals surface area contributed by atoms with Crippen LogP contribution in [0.5, 0.6) is 11.5 Å². The zero-order chi connectivity index (χ0) is 19.8. The molecule has 0 N–H and O–H groups in total. The normalized spacial score (nSPS) is 15.8. The summed E-state index contributed by atoms with van der Waals surface area (Å²) < 4.78 is 21.5. The molecule has 1 heterocycles. The molecule has 0 aliphatic carbocycles. The molecule has 2 aromatic carbocycles. The van der Waals surface area contributed by atoms with E-state index in [4.69, 9.17) is 18.9 Å². The molecule has 0 spiro atoms. The second-order valence-electron chi connectivity index (χ2n) is 6.52. The molecule has 0 bridgehead atoms. The smallest absolute Gasteiger partial charge is 0.343 e. The minimum Gasteiger partial charge on any atom is -0.494 e. The Morgan fingerprint density at radius 3 is 2.21 bits per heavy atom. The molecular formula is C22H24O6. The molecule has 1 atom stereocenters. The van der Waals surface area contributed by atoms with Gasteiger partial charge in [-0.1, -0.05) is 6.92 Å². The molecule has 0 amide bonds. The van der Waals surface area contributed by atoms with Crippen molar-refractivity contribution < 1.29 is 28.5 Å². The van der Waals surface area contributed by atoms with Crippen LogP contribution in [0.25, 0.3) is 0 Å². The first-order valence-corrected chi connectivity index (χ1v) is 9.49. The molecule has 0 saturated carbocycles. The van der Waals surface area contributed by atoms with Gasteiger partial charge in [-0.05, 0) is 67.8 Å². The van der Waals surface area contributed by atoms with Gasteiger partial charge in [-0.3, -0.25) is 0 Å². The van der Waals surface area contributed by atoms with Crippen molar-refractivity contribution in [1.29, 1.82) is 0 Å². The Kier molecular flexibility index (Phi) is 7.03. The average Bonchev–Trinajstić information content (AvgIpc) is 3.25. The van der Waals surface area contributed by atoms with Crippen LogP contribution in [0.15, 0.2) is 48.5 Å². The first-order chi connectivity index (χ1) is 13.7. The highest BCUT2D eigenvalue weighted by Gasteiger charge is 2.18. The summed E-state index contributed by atoms with van der Waals surface area (Å²) in [6.45, 7) is 3.64. The van der Waals surface area contributed by atoms with E-state index in [1.54, 1.807) is 48.5 Å². The second kappa shape index (κ2) is 9.90. The lowest BCUT2D eigenvalue weighted by atomic mass is 10.2. The van der Waals surface area contributed by atoms with Crippen molar-refractivity contribution in [1.82, 2.24) is 0 Å². The number of hydrogen-bond acceptors (Lipinski definition) is 6. The highest BCUT2D eigenvalue weighted by atomic mass is 16.6. The fourth-order valence-electron chi connectivity index (χ4n) is 2.76. The molecule has 1 saturated heterocycles. The van der Waals surface area contributed by atoms with Gasteiger partial charge in [0.1, 0.15) is 18.1 Å². The van der Waals surface area contributed by atoms with Gasteiger partial charge in [0.05, 0.1) is 23.8 Å². The van der Waals surface area contributed by atoms with Crippen molar-refractivity contribution in [2.75, 3.05) is 19.8 Å². The number of hydrogen-bond donors (Lipinski definition) is 0. The third kappa shape index (κ3) is 5.57. The third-order valence-corrected chi connectivity index (χ3v) is 4.29. The van der Waals surface area contributed by atoms with Crippen LogP contribution in [0, 0.1) is 0 Å². The lowest BCUT2D eigenvalue weighted by molar-refractivity contribution is 0.0161. The van der Waals surface area contributed by atoms with E-state index in [0.717, 1.165) is 25.9 Å². The van der Waals surface area contributed by atoms with E-state index < -0.39 is 11.9 Å². The van der Waals surface area contributed by atoms with Gasteiger partial charge in [-0.25, -0.2) is 9.59 Å². The van der Waals surface area contributed by atoms with E-state index >= 15 is 0 Å². The fourth-order valence-corrected chi connectivity index (χ4v) is 2.76. The third-order valence-electron chi connectivity index (χ3n) is 4.29. The largest absolute Gasteiger partial charge is 0.494 e. The molecule has 148 valence electrons. The number of benzene rings is 2. The van der Waals surface area contributed by atoms with Gasteiger partial charge in [-0.15, -0.1) is 0 Å². The summed E-state index contributed by atoms with van der Waals surface area (Å²) in [7, 11) is 0. The Bertz CT molecular complexity index is 776. The van der Waals surface area contributed by atoms with Crippen LogP contribution in [0.3, 0.4) is 0 Å². The maximum Gasteiger partial charge on any atom is 0.343 e. The van der Waals surface area contributed by atoms with Crippen LogP contribution in [-0.2, 0) is 9.47 Å². The Morgan fingerprint density at radius 2 is 1.61 bits per heavy atom. The summed E-state index contributed by atoms with van der Waals surface area (Å²) >= 11 is 0. The molecule has 28 heavy (non-hydrogen) atoms. The fraction of sp³-hybridized carbons (Fsp3) is 0.364. The van der Waals surface area contributed by atoms with E-state index in [1.807, 2.05) is 6.92 Å². The van der Waals surface area contributed by atoms with Crippen molar-refractivity contribution >= 4 is 11.9 Å². The van der Waals surface area contributed by atoms with Crippen molar-refractivity contribution in [3.05, 3.63) is 59.7 Å². The standard InChI is InChI=1S/C22H24O6/c1-2-13-25-18-9-5-17(6-10-18)22(24)28-19-11-7-16(8-12-19)21(23)27-15-20-4-3-14-26-20/h5-12,20H,2-4,13-15H2,1H3. The van der Waals surface area contributed by atoms with Gasteiger partial charge in [0.2, 0.25) is 0 Å². The summed E-state index contributed by atoms with van der Waals surface area (Å²) in [6.07, 6.45) is 2.81. The highest BCUT2D eigenvalue weighted by Crippen LogP contribution is 2.18. The minimum absolute atomic E-state index is 0.0112. The number of ether oxygens (including phenoxy) is 4. The van der Waals surface area contributed by atoms with E-state index in [1.165, 1.54) is 0 Å². The van der Waals surface area contributed by atoms with E-state index in [2.05, 4.69) is 0 Å². The van der Waals surface area contributed by atoms with Crippen LogP contribution in [0.4, 0.5) is 0 Å². The van der Waals surface area contributed by atoms with Crippen LogP contribution in [0.1, 0.15) is 46.9 Å². The monoisotopic (exact) mass is 384 g/mol. The lowest BCUT2D eigenvalue weighted by Gasteiger charge is -2.10. The Hall–Kier alpha value is -2.86. The number of carbonyl (C=O) groups is 2. The summed E-state index contributed by atoms with van der Waals surface area (Å²) in [4.78, 5) is 24.3. The van der Waals surface area contributed by atoms with Crippen molar-refractivity contribution in [2.45, 2.75) is 32.3 Å². The van der Waals surface area contributed by atoms with Gasteiger partial charge >= 0.3 is 11.9 Å². The molecule has 3 rings (SSSR count). The lowest BCUT2D eigenvalue weighted by Crippen LogP contribution is -2.17. The van der Waals surface area contributed by atoms with Crippen molar-refractivity contribution in [2.24, 2.45) is 0 Å². The van der Waals surface area contributed by atoms with Gasteiger partial charge < -0.3 is 18.9 Å². The van der Waals surface area contributed by atoms with Crippen LogP contribution >= 0.6 is 0 Å². The quantitative estimate of drug-likeness (QED) is 0.505. The van der Waals surface area contributed by atoms with E-state index in [9.17, 15) is 9.59 Å². The summed E-state index contributed by atoms with van der Waals surface area (Å²) in [6, 6.07) is 13.1. The Labute approximate surface area is 164 Å². The Balaban J connectivity index is 1.51.